The fourth-order valence-electron chi connectivity index (χ4n) is 5.37. The van der Waals surface area contributed by atoms with E-state index in [1.165, 1.54) is 23.7 Å². The number of fused-ring (bicyclic) bond motifs is 5. The lowest BCUT2D eigenvalue weighted by atomic mass is 9.97. The third-order valence-electron chi connectivity index (χ3n) is 7.41. The van der Waals surface area contributed by atoms with E-state index in [4.69, 9.17) is 0 Å². The Kier molecular flexibility index (Phi) is 4.85. The Hall–Kier alpha value is -4.72. The van der Waals surface area contributed by atoms with Crippen LogP contribution in [0.15, 0.2) is 70.3 Å². The molecule has 0 saturated carbocycles. The van der Waals surface area contributed by atoms with Gasteiger partial charge in [0.1, 0.15) is 0 Å². The van der Waals surface area contributed by atoms with E-state index in [0.29, 0.717) is 27.9 Å². The fraction of sp³-hybridized carbons (Fsp3) is 0.172. The minimum Gasteiger partial charge on any atom is -0.504 e. The Morgan fingerprint density at radius 1 is 0.838 bits per heavy atom. The highest BCUT2D eigenvalue weighted by atomic mass is 16.3. The number of aryl methyl sites for hydroxylation is 3. The molecule has 0 saturated heterocycles. The van der Waals surface area contributed by atoms with Crippen molar-refractivity contribution in [1.82, 2.24) is 13.7 Å². The molecule has 3 N–H and O–H groups in total. The third kappa shape index (κ3) is 3.15. The molecule has 8 nitrogen and oxygen atoms in total. The molecule has 1 unspecified atom stereocenters. The first-order valence-corrected chi connectivity index (χ1v) is 12.0. The Morgan fingerprint density at radius 3 is 2.24 bits per heavy atom. The lowest BCUT2D eigenvalue weighted by Crippen LogP contribution is -2.37. The number of phenolic OH excluding ortho intramolecular Hbond substituents is 2. The van der Waals surface area contributed by atoms with Gasteiger partial charge >= 0.3 is 5.69 Å². The van der Waals surface area contributed by atoms with Gasteiger partial charge in [0.05, 0.1) is 39.7 Å². The van der Waals surface area contributed by atoms with Crippen LogP contribution < -0.4 is 16.6 Å². The summed E-state index contributed by atoms with van der Waals surface area (Å²) < 4.78 is 4.71. The van der Waals surface area contributed by atoms with Gasteiger partial charge in [-0.15, -0.1) is 0 Å². The Morgan fingerprint density at radius 2 is 1.54 bits per heavy atom. The molecule has 6 rings (SSSR count). The molecule has 8 heteroatoms. The van der Waals surface area contributed by atoms with Crippen LogP contribution in [0.5, 0.6) is 11.5 Å². The van der Waals surface area contributed by atoms with Crippen LogP contribution in [-0.4, -0.2) is 23.9 Å². The van der Waals surface area contributed by atoms with Gasteiger partial charge in [-0.2, -0.15) is 0 Å². The van der Waals surface area contributed by atoms with Gasteiger partial charge in [-0.25, -0.2) is 4.79 Å². The second-order valence-electron chi connectivity index (χ2n) is 9.64. The van der Waals surface area contributed by atoms with E-state index >= 15 is 0 Å². The highest BCUT2D eigenvalue weighted by Gasteiger charge is 2.35. The van der Waals surface area contributed by atoms with Crippen LogP contribution in [0.4, 0.5) is 5.69 Å². The van der Waals surface area contributed by atoms with E-state index < -0.39 is 11.7 Å². The molecule has 5 aromatic rings. The first kappa shape index (κ1) is 22.7. The van der Waals surface area contributed by atoms with E-state index in [0.717, 1.165) is 32.6 Å². The molecule has 37 heavy (non-hydrogen) atoms. The average molecular weight is 495 g/mol. The summed E-state index contributed by atoms with van der Waals surface area (Å²) in [5, 5.41) is 24.3. The smallest absolute Gasteiger partial charge is 0.331 e. The molecular weight excluding hydrogens is 468 g/mol. The molecule has 0 radical (unpaired) electrons. The van der Waals surface area contributed by atoms with Crippen LogP contribution in [0, 0.1) is 13.8 Å². The van der Waals surface area contributed by atoms with Crippen LogP contribution in [0.25, 0.3) is 27.8 Å². The zero-order valence-corrected chi connectivity index (χ0v) is 20.9. The summed E-state index contributed by atoms with van der Waals surface area (Å²) in [6, 6.07) is 18.0. The Bertz CT molecular complexity index is 1860. The zero-order chi connectivity index (χ0) is 26.2. The molecule has 3 aromatic carbocycles. The van der Waals surface area contributed by atoms with Crippen LogP contribution in [-0.2, 0) is 14.1 Å². The number of benzene rings is 3. The van der Waals surface area contributed by atoms with Crippen molar-refractivity contribution in [2.75, 3.05) is 5.32 Å². The van der Waals surface area contributed by atoms with Crippen molar-refractivity contribution in [2.24, 2.45) is 14.1 Å². The summed E-state index contributed by atoms with van der Waals surface area (Å²) in [6.07, 6.45) is 0. The standard InChI is InChI=1S/C29H26N4O4/c1-15-12-19-20(13-16(15)2)33-25(17-8-6-5-7-9-17)23-26(31(3)29(37)32(4)28(23)36)27(33)24(30-19)18-10-11-21(34)22(35)14-18/h5-14,24,30,34-35H,1-4H3. The number of nitrogens with zero attached hydrogens (tertiary/aromatic N) is 3. The van der Waals surface area contributed by atoms with Crippen molar-refractivity contribution in [2.45, 2.75) is 19.9 Å². The number of nitrogens with one attached hydrogen (secondary N) is 1. The van der Waals surface area contributed by atoms with Gasteiger partial charge in [-0.05, 0) is 60.4 Å². The molecule has 1 atom stereocenters. The van der Waals surface area contributed by atoms with Crippen molar-refractivity contribution < 1.29 is 10.2 Å². The fourth-order valence-corrected chi connectivity index (χ4v) is 5.37. The molecule has 186 valence electrons. The number of anilines is 1. The van der Waals surface area contributed by atoms with Gasteiger partial charge in [-0.3, -0.25) is 13.9 Å². The third-order valence-corrected chi connectivity index (χ3v) is 7.41. The predicted molar refractivity (Wildman–Crippen MR) is 144 cm³/mol. The lowest BCUT2D eigenvalue weighted by Gasteiger charge is -2.32. The van der Waals surface area contributed by atoms with Gasteiger partial charge < -0.3 is 20.1 Å². The molecule has 0 aliphatic carbocycles. The Labute approximate surface area is 212 Å². The van der Waals surface area contributed by atoms with E-state index in [9.17, 15) is 19.8 Å². The lowest BCUT2D eigenvalue weighted by molar-refractivity contribution is 0.403. The number of hydrogen-bond donors (Lipinski definition) is 3. The van der Waals surface area contributed by atoms with Crippen molar-refractivity contribution in [1.29, 1.82) is 0 Å². The first-order chi connectivity index (χ1) is 17.7. The first-order valence-electron chi connectivity index (χ1n) is 12.0. The summed E-state index contributed by atoms with van der Waals surface area (Å²) in [6.45, 7) is 4.08. The average Bonchev–Trinajstić information content (AvgIpc) is 3.25. The van der Waals surface area contributed by atoms with Crippen LogP contribution in [0.1, 0.15) is 28.4 Å². The SMILES string of the molecule is Cc1cc2c(cc1C)-n1c(-c3ccccc3)c3c(=O)n(C)c(=O)n(C)c3c1C(c1ccc(O)c(O)c1)N2. The second kappa shape index (κ2) is 7.89. The molecule has 0 fully saturated rings. The molecule has 2 aromatic heterocycles. The maximum Gasteiger partial charge on any atom is 0.331 e. The maximum atomic E-state index is 13.7. The number of rotatable bonds is 2. The van der Waals surface area contributed by atoms with Crippen molar-refractivity contribution >= 4 is 16.6 Å². The number of phenols is 2. The van der Waals surface area contributed by atoms with E-state index in [2.05, 4.69) is 22.0 Å². The molecule has 1 aliphatic rings. The predicted octanol–water partition coefficient (Wildman–Crippen LogP) is 4.24. The van der Waals surface area contributed by atoms with Gasteiger partial charge in [0.15, 0.2) is 11.5 Å². The molecule has 0 spiro atoms. The quantitative estimate of drug-likeness (QED) is 0.319. The van der Waals surface area contributed by atoms with Crippen molar-refractivity contribution in [3.05, 3.63) is 104 Å². The van der Waals surface area contributed by atoms with E-state index in [1.54, 1.807) is 13.1 Å². The number of aromatic hydroxyl groups is 2. The van der Waals surface area contributed by atoms with E-state index in [1.807, 2.05) is 44.2 Å². The van der Waals surface area contributed by atoms with E-state index in [-0.39, 0.29) is 17.1 Å². The van der Waals surface area contributed by atoms with Crippen LogP contribution in [0.3, 0.4) is 0 Å². The summed E-state index contributed by atoms with van der Waals surface area (Å²) in [5.74, 6) is -0.474. The van der Waals surface area contributed by atoms with Gasteiger partial charge in [-0.1, -0.05) is 36.4 Å². The largest absolute Gasteiger partial charge is 0.504 e. The van der Waals surface area contributed by atoms with Crippen molar-refractivity contribution in [3.8, 4) is 28.4 Å². The molecule has 1 aliphatic heterocycles. The van der Waals surface area contributed by atoms with Gasteiger partial charge in [0.2, 0.25) is 0 Å². The molecule has 3 heterocycles. The summed E-state index contributed by atoms with van der Waals surface area (Å²) >= 11 is 0. The van der Waals surface area contributed by atoms with Crippen LogP contribution in [0.2, 0.25) is 0 Å². The highest BCUT2D eigenvalue weighted by molar-refractivity contribution is 5.99. The second-order valence-corrected chi connectivity index (χ2v) is 9.64. The minimum atomic E-state index is -0.529. The van der Waals surface area contributed by atoms with Crippen LogP contribution >= 0.6 is 0 Å². The summed E-state index contributed by atoms with van der Waals surface area (Å²) in [4.78, 5) is 26.9. The maximum absolute atomic E-state index is 13.7. The van der Waals surface area contributed by atoms with Crippen molar-refractivity contribution in [3.63, 3.8) is 0 Å². The number of aromatic nitrogens is 3. The summed E-state index contributed by atoms with van der Waals surface area (Å²) in [5.41, 5.74) is 6.53. The number of hydrogen-bond acceptors (Lipinski definition) is 5. The highest BCUT2D eigenvalue weighted by Crippen LogP contribution is 2.46. The molecular formula is C29H26N4O4. The molecule has 0 bridgehead atoms. The Balaban J connectivity index is 1.87. The monoisotopic (exact) mass is 494 g/mol. The van der Waals surface area contributed by atoms with Gasteiger partial charge in [0, 0.05) is 14.1 Å². The normalized spacial score (nSPS) is 14.3. The topological polar surface area (TPSA) is 101 Å². The zero-order valence-electron chi connectivity index (χ0n) is 20.9. The molecule has 0 amide bonds. The summed E-state index contributed by atoms with van der Waals surface area (Å²) in [7, 11) is 3.16. The van der Waals surface area contributed by atoms with Gasteiger partial charge in [0.25, 0.3) is 5.56 Å². The minimum absolute atomic E-state index is 0.224.